The first-order valence-corrected chi connectivity index (χ1v) is 8.78. The molecule has 0 saturated carbocycles. The van der Waals surface area contributed by atoms with Crippen LogP contribution in [-0.4, -0.2) is 24.2 Å². The molecule has 1 unspecified atom stereocenters. The molecule has 1 atom stereocenters. The maximum absolute atomic E-state index is 12.3. The summed E-state index contributed by atoms with van der Waals surface area (Å²) >= 11 is 7.51. The number of methoxy groups -OCH3 is 1. The number of hydrogen-bond donors (Lipinski definition) is 1. The van der Waals surface area contributed by atoms with Gasteiger partial charge in [-0.15, -0.1) is 11.8 Å². The fraction of sp³-hybridized carbons (Fsp3) is 0.222. The summed E-state index contributed by atoms with van der Waals surface area (Å²) in [6.45, 7) is 1.85. The molecule has 0 aliphatic heterocycles. The highest BCUT2D eigenvalue weighted by Crippen LogP contribution is 2.23. The molecular formula is C18H18ClNO3S. The van der Waals surface area contributed by atoms with Crippen molar-refractivity contribution in [3.8, 4) is 0 Å². The summed E-state index contributed by atoms with van der Waals surface area (Å²) in [5.41, 5.74) is 1.90. The molecule has 0 saturated heterocycles. The largest absolute Gasteiger partial charge is 0.465 e. The van der Waals surface area contributed by atoms with E-state index in [9.17, 15) is 9.59 Å². The van der Waals surface area contributed by atoms with E-state index < -0.39 is 5.97 Å². The number of benzene rings is 2. The highest BCUT2D eigenvalue weighted by Gasteiger charge is 2.16. The standard InChI is InChI=1S/C18H18ClNO3S/c1-12(24-11-13-6-4-3-5-7-13)17(21)20-14-8-9-16(19)15(10-14)18(22)23-2/h3-10,12H,11H2,1-2H3,(H,20,21). The Morgan fingerprint density at radius 1 is 1.21 bits per heavy atom. The van der Waals surface area contributed by atoms with Gasteiger partial charge >= 0.3 is 5.97 Å². The second-order valence-corrected chi connectivity index (χ2v) is 6.85. The molecule has 2 rings (SSSR count). The predicted octanol–water partition coefficient (Wildman–Crippen LogP) is 4.39. The lowest BCUT2D eigenvalue weighted by atomic mass is 10.2. The third-order valence-electron chi connectivity index (χ3n) is 3.35. The number of carbonyl (C=O) groups excluding carboxylic acids is 2. The van der Waals surface area contributed by atoms with Crippen LogP contribution in [0.15, 0.2) is 48.5 Å². The van der Waals surface area contributed by atoms with Crippen LogP contribution in [-0.2, 0) is 15.3 Å². The molecule has 24 heavy (non-hydrogen) atoms. The van der Waals surface area contributed by atoms with Crippen molar-refractivity contribution in [3.05, 3.63) is 64.7 Å². The van der Waals surface area contributed by atoms with Crippen molar-refractivity contribution >= 4 is 40.9 Å². The minimum atomic E-state index is -0.539. The minimum Gasteiger partial charge on any atom is -0.465 e. The van der Waals surface area contributed by atoms with Crippen LogP contribution in [0.5, 0.6) is 0 Å². The first-order chi connectivity index (χ1) is 11.5. The van der Waals surface area contributed by atoms with E-state index in [1.54, 1.807) is 23.9 Å². The van der Waals surface area contributed by atoms with Gasteiger partial charge in [0.15, 0.2) is 0 Å². The molecule has 4 nitrogen and oxygen atoms in total. The Labute approximate surface area is 150 Å². The van der Waals surface area contributed by atoms with Gasteiger partial charge in [-0.25, -0.2) is 4.79 Å². The summed E-state index contributed by atoms with van der Waals surface area (Å²) in [5.74, 6) is 0.0837. The van der Waals surface area contributed by atoms with Crippen LogP contribution in [0.1, 0.15) is 22.8 Å². The van der Waals surface area contributed by atoms with Crippen LogP contribution in [0.2, 0.25) is 5.02 Å². The molecule has 0 radical (unpaired) electrons. The Hall–Kier alpha value is -1.98. The predicted molar refractivity (Wildman–Crippen MR) is 98.6 cm³/mol. The van der Waals surface area contributed by atoms with Crippen LogP contribution < -0.4 is 5.32 Å². The van der Waals surface area contributed by atoms with E-state index in [1.165, 1.54) is 18.7 Å². The third kappa shape index (κ3) is 5.01. The Morgan fingerprint density at radius 3 is 2.58 bits per heavy atom. The Kier molecular flexibility index (Phi) is 6.70. The van der Waals surface area contributed by atoms with E-state index in [2.05, 4.69) is 10.1 Å². The van der Waals surface area contributed by atoms with Gasteiger partial charge in [-0.2, -0.15) is 0 Å². The SMILES string of the molecule is COC(=O)c1cc(NC(=O)C(C)SCc2ccccc2)ccc1Cl. The monoisotopic (exact) mass is 363 g/mol. The Morgan fingerprint density at radius 2 is 1.92 bits per heavy atom. The van der Waals surface area contributed by atoms with Crippen LogP contribution in [0.3, 0.4) is 0 Å². The van der Waals surface area contributed by atoms with Gasteiger partial charge in [0.05, 0.1) is 22.9 Å². The van der Waals surface area contributed by atoms with Crippen LogP contribution >= 0.6 is 23.4 Å². The van der Waals surface area contributed by atoms with Gasteiger partial charge in [0.2, 0.25) is 5.91 Å². The summed E-state index contributed by atoms with van der Waals surface area (Å²) in [4.78, 5) is 23.9. The molecule has 2 aromatic rings. The normalized spacial score (nSPS) is 11.6. The van der Waals surface area contributed by atoms with Crippen molar-refractivity contribution in [2.75, 3.05) is 12.4 Å². The minimum absolute atomic E-state index is 0.130. The quantitative estimate of drug-likeness (QED) is 0.773. The smallest absolute Gasteiger partial charge is 0.339 e. The van der Waals surface area contributed by atoms with E-state index in [0.29, 0.717) is 5.69 Å². The number of hydrogen-bond acceptors (Lipinski definition) is 4. The topological polar surface area (TPSA) is 55.4 Å². The highest BCUT2D eigenvalue weighted by molar-refractivity contribution is 7.99. The molecular weight excluding hydrogens is 346 g/mol. The van der Waals surface area contributed by atoms with Crippen molar-refractivity contribution in [3.63, 3.8) is 0 Å². The molecule has 6 heteroatoms. The van der Waals surface area contributed by atoms with Crippen molar-refractivity contribution in [1.29, 1.82) is 0 Å². The highest BCUT2D eigenvalue weighted by atomic mass is 35.5. The maximum atomic E-state index is 12.3. The molecule has 0 aliphatic carbocycles. The molecule has 0 aliphatic rings. The lowest BCUT2D eigenvalue weighted by Gasteiger charge is -2.13. The lowest BCUT2D eigenvalue weighted by molar-refractivity contribution is -0.115. The van der Waals surface area contributed by atoms with Crippen LogP contribution in [0.4, 0.5) is 5.69 Å². The summed E-state index contributed by atoms with van der Waals surface area (Å²) in [6, 6.07) is 14.7. The third-order valence-corrected chi connectivity index (χ3v) is 4.89. The number of anilines is 1. The van der Waals surface area contributed by atoms with E-state index in [1.807, 2.05) is 37.3 Å². The van der Waals surface area contributed by atoms with Crippen LogP contribution in [0.25, 0.3) is 0 Å². The van der Waals surface area contributed by atoms with Gasteiger partial charge in [0.1, 0.15) is 0 Å². The molecule has 0 fully saturated rings. The summed E-state index contributed by atoms with van der Waals surface area (Å²) in [6.07, 6.45) is 0. The summed E-state index contributed by atoms with van der Waals surface area (Å²) in [7, 11) is 1.28. The number of rotatable bonds is 6. The van der Waals surface area contributed by atoms with Gasteiger partial charge in [-0.3, -0.25) is 4.79 Å². The number of amides is 1. The molecule has 126 valence electrons. The van der Waals surface area contributed by atoms with Crippen LogP contribution in [0, 0.1) is 0 Å². The zero-order valence-corrected chi connectivity index (χ0v) is 15.0. The van der Waals surface area contributed by atoms with E-state index in [0.717, 1.165) is 5.75 Å². The zero-order chi connectivity index (χ0) is 17.5. The maximum Gasteiger partial charge on any atom is 0.339 e. The van der Waals surface area contributed by atoms with Crippen molar-refractivity contribution < 1.29 is 14.3 Å². The first-order valence-electron chi connectivity index (χ1n) is 7.35. The van der Waals surface area contributed by atoms with E-state index >= 15 is 0 Å². The van der Waals surface area contributed by atoms with Gasteiger partial charge in [0, 0.05) is 11.4 Å². The van der Waals surface area contributed by atoms with Gasteiger partial charge < -0.3 is 10.1 Å². The fourth-order valence-corrected chi connectivity index (χ4v) is 3.02. The van der Waals surface area contributed by atoms with E-state index in [-0.39, 0.29) is 21.7 Å². The molecule has 0 spiro atoms. The second kappa shape index (κ2) is 8.76. The Bertz CT molecular complexity index is 721. The first kappa shape index (κ1) is 18.4. The molecule has 0 heterocycles. The van der Waals surface area contributed by atoms with Crippen molar-refractivity contribution in [1.82, 2.24) is 0 Å². The number of halogens is 1. The van der Waals surface area contributed by atoms with Gasteiger partial charge in [-0.1, -0.05) is 41.9 Å². The molecule has 1 amide bonds. The average molecular weight is 364 g/mol. The molecule has 1 N–H and O–H groups in total. The molecule has 0 bridgehead atoms. The lowest BCUT2D eigenvalue weighted by Crippen LogP contribution is -2.22. The fourth-order valence-electron chi connectivity index (χ4n) is 1.98. The zero-order valence-electron chi connectivity index (χ0n) is 13.4. The van der Waals surface area contributed by atoms with Crippen molar-refractivity contribution in [2.24, 2.45) is 0 Å². The number of thioether (sulfide) groups is 1. The number of esters is 1. The molecule has 0 aromatic heterocycles. The van der Waals surface area contributed by atoms with E-state index in [4.69, 9.17) is 11.6 Å². The van der Waals surface area contributed by atoms with Gasteiger partial charge in [-0.05, 0) is 30.7 Å². The van der Waals surface area contributed by atoms with Gasteiger partial charge in [0.25, 0.3) is 0 Å². The Balaban J connectivity index is 1.97. The molecule has 2 aromatic carbocycles. The summed E-state index contributed by atoms with van der Waals surface area (Å²) < 4.78 is 4.67. The average Bonchev–Trinajstić information content (AvgIpc) is 2.61. The van der Waals surface area contributed by atoms with Crippen molar-refractivity contribution in [2.45, 2.75) is 17.9 Å². The number of carbonyl (C=O) groups is 2. The number of nitrogens with one attached hydrogen (secondary N) is 1. The summed E-state index contributed by atoms with van der Waals surface area (Å²) in [5, 5.41) is 2.85. The number of ether oxygens (including phenoxy) is 1. The second-order valence-electron chi connectivity index (χ2n) is 5.11.